The molecule has 0 spiro atoms. The van der Waals surface area contributed by atoms with Crippen LogP contribution in [0.4, 0.5) is 34.5 Å². The third-order valence-electron chi connectivity index (χ3n) is 11.9. The van der Waals surface area contributed by atoms with Crippen molar-refractivity contribution >= 4 is 82.2 Å². The third kappa shape index (κ3) is 9.31. The maximum absolute atomic E-state index is 13.2. The normalized spacial score (nSPS) is 18.8. The Morgan fingerprint density at radius 2 is 1.70 bits per heavy atom. The highest BCUT2D eigenvalue weighted by Crippen LogP contribution is 2.39. The average molecular weight is 869 g/mol. The average Bonchev–Trinajstić information content (AvgIpc) is 3.58. The summed E-state index contributed by atoms with van der Waals surface area (Å²) >= 11 is 6.47. The molecule has 1 unspecified atom stereocenters. The molecule has 3 saturated heterocycles. The second-order valence-electron chi connectivity index (χ2n) is 16.2. The first-order valence-electron chi connectivity index (χ1n) is 20.5. The van der Waals surface area contributed by atoms with Crippen molar-refractivity contribution in [3.8, 4) is 5.75 Å². The smallest absolute Gasteiger partial charge is 0.255 e. The maximum atomic E-state index is 13.2. The maximum Gasteiger partial charge on any atom is 0.255 e. The molecule has 4 amide bonds. The van der Waals surface area contributed by atoms with Crippen LogP contribution in [0, 0.1) is 0 Å². The fourth-order valence-corrected chi connectivity index (χ4v) is 9.89. The predicted molar refractivity (Wildman–Crippen MR) is 236 cm³/mol. The van der Waals surface area contributed by atoms with Crippen molar-refractivity contribution in [2.45, 2.75) is 44.3 Å². The number of halogens is 1. The number of amides is 4. The number of imide groups is 1. The van der Waals surface area contributed by atoms with Gasteiger partial charge in [0.25, 0.3) is 5.91 Å². The van der Waals surface area contributed by atoms with Gasteiger partial charge in [0.15, 0.2) is 5.82 Å². The number of piperidine rings is 2. The minimum atomic E-state index is -2.56. The SMILES string of the molecule is COc1cc(N2CCC(N3CCN(C(=O)CNc4ccc5c(c4)CN(C4CCC(=O)NC4=O)C5=O)CC3)CC2)ccc1Nc1ncc(Cl)c(Nc2ccccc2P(C)(C)=O)n1. The monoisotopic (exact) mass is 868 g/mol. The molecule has 5 heterocycles. The van der Waals surface area contributed by atoms with Gasteiger partial charge >= 0.3 is 0 Å². The Morgan fingerprint density at radius 3 is 2.44 bits per heavy atom. The van der Waals surface area contributed by atoms with E-state index in [0.29, 0.717) is 70.3 Å². The molecule has 4 aliphatic rings. The third-order valence-corrected chi connectivity index (χ3v) is 13.7. The van der Waals surface area contributed by atoms with Gasteiger partial charge in [-0.25, -0.2) is 4.98 Å². The van der Waals surface area contributed by atoms with Crippen molar-refractivity contribution in [1.82, 2.24) is 30.0 Å². The molecule has 61 heavy (non-hydrogen) atoms. The number of carbonyl (C=O) groups is 4. The van der Waals surface area contributed by atoms with E-state index in [1.165, 1.54) is 11.1 Å². The molecule has 1 aromatic heterocycles. The standard InChI is InChI=1S/C43H50ClN10O6P/c1-60-36-23-30(9-11-33(36)48-43-46-24-32(44)40(50-43)47-34-6-4-5-7-37(34)61(2,3)59)51-16-14-29(15-17-51)52-18-20-53(21-19-52)39(56)25-45-28-8-10-31-27(22-28)26-54(42(31)58)35-12-13-38(55)49-41(35)57/h4-11,22-24,29,35,45H,12-21,25-26H2,1-3H3,(H,49,55,57)(H2,46,47,48,50). The van der Waals surface area contributed by atoms with E-state index in [1.807, 2.05) is 47.4 Å². The van der Waals surface area contributed by atoms with Crippen LogP contribution in [-0.2, 0) is 25.5 Å². The number of para-hydroxylation sites is 1. The first kappa shape index (κ1) is 42.0. The van der Waals surface area contributed by atoms with Gasteiger partial charge in [-0.3, -0.25) is 29.4 Å². The fraction of sp³-hybridized carbons (Fsp3) is 0.395. The van der Waals surface area contributed by atoms with Crippen molar-refractivity contribution in [3.05, 3.63) is 83.0 Å². The Morgan fingerprint density at radius 1 is 0.934 bits per heavy atom. The van der Waals surface area contributed by atoms with Gasteiger partial charge in [0.05, 0.1) is 31.2 Å². The molecule has 3 aromatic carbocycles. The molecule has 1 atom stereocenters. The number of ether oxygens (including phenoxy) is 1. The molecule has 8 rings (SSSR count). The van der Waals surface area contributed by atoms with Crippen LogP contribution in [0.5, 0.6) is 5.75 Å². The van der Waals surface area contributed by atoms with Gasteiger partial charge in [-0.1, -0.05) is 23.7 Å². The molecule has 3 fully saturated rings. The van der Waals surface area contributed by atoms with Gasteiger partial charge in [-0.15, -0.1) is 0 Å². The van der Waals surface area contributed by atoms with Gasteiger partial charge in [0.2, 0.25) is 23.7 Å². The van der Waals surface area contributed by atoms with E-state index in [1.54, 1.807) is 32.6 Å². The van der Waals surface area contributed by atoms with Gasteiger partial charge in [0.1, 0.15) is 24.0 Å². The van der Waals surface area contributed by atoms with E-state index in [-0.39, 0.29) is 37.2 Å². The lowest BCUT2D eigenvalue weighted by atomic mass is 10.0. The zero-order chi connectivity index (χ0) is 42.8. The molecular formula is C43H50ClN10O6P. The highest BCUT2D eigenvalue weighted by atomic mass is 35.5. The summed E-state index contributed by atoms with van der Waals surface area (Å²) in [7, 11) is -0.927. The molecule has 16 nitrogen and oxygen atoms in total. The molecule has 4 aromatic rings. The van der Waals surface area contributed by atoms with Gasteiger partial charge in [0, 0.05) is 86.6 Å². The van der Waals surface area contributed by atoms with Crippen LogP contribution in [0.15, 0.2) is 66.9 Å². The number of anilines is 6. The first-order chi connectivity index (χ1) is 29.3. The number of aromatic nitrogens is 2. The minimum Gasteiger partial charge on any atom is -0.494 e. The lowest BCUT2D eigenvalue weighted by molar-refractivity contribution is -0.137. The molecule has 4 N–H and O–H groups in total. The number of hydrogen-bond acceptors (Lipinski definition) is 13. The first-order valence-corrected chi connectivity index (χ1v) is 23.5. The van der Waals surface area contributed by atoms with E-state index >= 15 is 0 Å². The summed E-state index contributed by atoms with van der Waals surface area (Å²) in [6, 6.07) is 18.6. The van der Waals surface area contributed by atoms with Crippen LogP contribution < -0.4 is 36.2 Å². The van der Waals surface area contributed by atoms with Gasteiger partial charge in [-0.05, 0) is 80.6 Å². The van der Waals surface area contributed by atoms with E-state index in [4.69, 9.17) is 16.3 Å². The summed E-state index contributed by atoms with van der Waals surface area (Å²) < 4.78 is 18.7. The van der Waals surface area contributed by atoms with Crippen molar-refractivity contribution in [2.75, 3.05) is 87.1 Å². The van der Waals surface area contributed by atoms with Crippen LogP contribution in [0.2, 0.25) is 5.02 Å². The minimum absolute atomic E-state index is 0.0228. The van der Waals surface area contributed by atoms with Gasteiger partial charge in [-0.2, -0.15) is 4.98 Å². The summed E-state index contributed by atoms with van der Waals surface area (Å²) in [5.41, 5.74) is 4.50. The summed E-state index contributed by atoms with van der Waals surface area (Å²) in [5.74, 6) is 0.405. The van der Waals surface area contributed by atoms with Crippen molar-refractivity contribution in [3.63, 3.8) is 0 Å². The van der Waals surface area contributed by atoms with E-state index in [0.717, 1.165) is 56.0 Å². The number of piperazine rings is 1. The molecule has 0 radical (unpaired) electrons. The molecule has 4 aliphatic heterocycles. The molecule has 0 saturated carbocycles. The molecular weight excluding hydrogens is 819 g/mol. The number of carbonyl (C=O) groups excluding carboxylic acids is 4. The molecule has 0 aliphatic carbocycles. The second kappa shape index (κ2) is 17.7. The number of rotatable bonds is 12. The number of hydrogen-bond donors (Lipinski definition) is 4. The summed E-state index contributed by atoms with van der Waals surface area (Å²) in [4.78, 5) is 67.6. The Labute approximate surface area is 359 Å². The topological polar surface area (TPSA) is 181 Å². The number of nitrogens with one attached hydrogen (secondary N) is 4. The Balaban J connectivity index is 0.800. The van der Waals surface area contributed by atoms with Crippen LogP contribution in [0.3, 0.4) is 0 Å². The van der Waals surface area contributed by atoms with Crippen LogP contribution >= 0.6 is 18.7 Å². The van der Waals surface area contributed by atoms with Crippen LogP contribution in [-0.4, -0.2) is 127 Å². The summed E-state index contributed by atoms with van der Waals surface area (Å²) in [6.07, 6.45) is 4.04. The van der Waals surface area contributed by atoms with Crippen molar-refractivity contribution < 1.29 is 28.5 Å². The van der Waals surface area contributed by atoms with E-state index in [2.05, 4.69) is 47.1 Å². The summed E-state index contributed by atoms with van der Waals surface area (Å²) in [5, 5.41) is 13.1. The van der Waals surface area contributed by atoms with Crippen LogP contribution in [0.1, 0.15) is 41.6 Å². The molecule has 0 bridgehead atoms. The molecule has 320 valence electrons. The highest BCUT2D eigenvalue weighted by molar-refractivity contribution is 7.70. The zero-order valence-corrected chi connectivity index (χ0v) is 36.1. The van der Waals surface area contributed by atoms with E-state index < -0.39 is 19.1 Å². The van der Waals surface area contributed by atoms with Crippen molar-refractivity contribution in [2.24, 2.45) is 0 Å². The highest BCUT2D eigenvalue weighted by Gasteiger charge is 2.39. The fourth-order valence-electron chi connectivity index (χ4n) is 8.59. The van der Waals surface area contributed by atoms with Gasteiger partial charge < -0.3 is 40.0 Å². The Kier molecular flexibility index (Phi) is 12.2. The lowest BCUT2D eigenvalue weighted by Crippen LogP contribution is -2.55. The van der Waals surface area contributed by atoms with E-state index in [9.17, 15) is 23.7 Å². The predicted octanol–water partition coefficient (Wildman–Crippen LogP) is 4.86. The van der Waals surface area contributed by atoms with Crippen LogP contribution in [0.25, 0.3) is 0 Å². The number of methoxy groups -OCH3 is 1. The largest absolute Gasteiger partial charge is 0.494 e. The summed E-state index contributed by atoms with van der Waals surface area (Å²) in [6.45, 7) is 8.61. The number of benzene rings is 3. The Hall–Kier alpha value is -5.70. The number of fused-ring (bicyclic) bond motifs is 1. The second-order valence-corrected chi connectivity index (χ2v) is 19.7. The van der Waals surface area contributed by atoms with Crippen molar-refractivity contribution in [1.29, 1.82) is 0 Å². The number of nitrogens with zero attached hydrogens (tertiary/aromatic N) is 6. The molecule has 18 heteroatoms. The Bertz CT molecular complexity index is 2400. The quantitative estimate of drug-likeness (QED) is 0.112. The zero-order valence-electron chi connectivity index (χ0n) is 34.4. The lowest BCUT2D eigenvalue weighted by Gasteiger charge is -2.43.